The minimum Gasteiger partial charge on any atom is -0.393 e. The normalized spacial score (nSPS) is 10.8. The van der Waals surface area contributed by atoms with Crippen LogP contribution in [-0.2, 0) is 4.79 Å². The minimum atomic E-state index is -1.28. The van der Waals surface area contributed by atoms with Crippen LogP contribution in [0, 0.1) is 10.1 Å². The minimum absolute atomic E-state index is 0.0801. The summed E-state index contributed by atoms with van der Waals surface area (Å²) in [7, 11) is 0. The van der Waals surface area contributed by atoms with Crippen LogP contribution in [0.25, 0.3) is 0 Å². The standard InChI is InChI=1S/C11H14N4O4/c1-11(2,10(13)17)14-9(16)6-4-3-5-7(8(6)12)15(18)19/h3-5H,12H2,1-2H3,(H2,13,17)(H,14,16). The predicted octanol–water partition coefficient (Wildman–Crippen LogP) is 0.171. The maximum atomic E-state index is 11.9. The van der Waals surface area contributed by atoms with E-state index >= 15 is 0 Å². The molecule has 0 bridgehead atoms. The lowest BCUT2D eigenvalue weighted by Gasteiger charge is -2.22. The zero-order chi connectivity index (χ0) is 14.8. The van der Waals surface area contributed by atoms with Gasteiger partial charge in [-0.2, -0.15) is 0 Å². The average Bonchev–Trinajstić information content (AvgIpc) is 2.27. The smallest absolute Gasteiger partial charge is 0.292 e. The van der Waals surface area contributed by atoms with E-state index in [0.29, 0.717) is 0 Å². The van der Waals surface area contributed by atoms with Crippen molar-refractivity contribution >= 4 is 23.2 Å². The predicted molar refractivity (Wildman–Crippen MR) is 68.2 cm³/mol. The molecule has 0 saturated carbocycles. The molecule has 5 N–H and O–H groups in total. The van der Waals surface area contributed by atoms with E-state index in [9.17, 15) is 19.7 Å². The summed E-state index contributed by atoms with van der Waals surface area (Å²) < 4.78 is 0. The van der Waals surface area contributed by atoms with E-state index in [1.54, 1.807) is 0 Å². The molecule has 0 unspecified atom stereocenters. The van der Waals surface area contributed by atoms with Gasteiger partial charge < -0.3 is 16.8 Å². The molecular weight excluding hydrogens is 252 g/mol. The van der Waals surface area contributed by atoms with Crippen molar-refractivity contribution in [2.24, 2.45) is 5.73 Å². The number of hydrogen-bond donors (Lipinski definition) is 3. The van der Waals surface area contributed by atoms with Crippen molar-refractivity contribution in [3.05, 3.63) is 33.9 Å². The number of nitrogens with one attached hydrogen (secondary N) is 1. The Morgan fingerprint density at radius 3 is 2.42 bits per heavy atom. The van der Waals surface area contributed by atoms with Crippen LogP contribution >= 0.6 is 0 Å². The van der Waals surface area contributed by atoms with Gasteiger partial charge in [-0.25, -0.2) is 0 Å². The van der Waals surface area contributed by atoms with Crippen LogP contribution in [0.2, 0.25) is 0 Å². The number of rotatable bonds is 4. The number of nitro groups is 1. The Hall–Kier alpha value is -2.64. The number of carbonyl (C=O) groups is 2. The molecule has 0 aliphatic carbocycles. The van der Waals surface area contributed by atoms with Crippen molar-refractivity contribution in [1.82, 2.24) is 5.32 Å². The van der Waals surface area contributed by atoms with Gasteiger partial charge in [0.15, 0.2) is 0 Å². The molecular formula is C11H14N4O4. The summed E-state index contributed by atoms with van der Waals surface area (Å²) in [6.07, 6.45) is 0. The molecule has 0 aliphatic rings. The highest BCUT2D eigenvalue weighted by molar-refractivity contribution is 6.03. The van der Waals surface area contributed by atoms with Crippen LogP contribution in [-0.4, -0.2) is 22.3 Å². The first kappa shape index (κ1) is 14.4. The van der Waals surface area contributed by atoms with Gasteiger partial charge in [0.05, 0.1) is 10.5 Å². The first-order chi connectivity index (χ1) is 8.66. The van der Waals surface area contributed by atoms with Crippen LogP contribution in [0.3, 0.4) is 0 Å². The second kappa shape index (κ2) is 4.92. The molecule has 2 amide bonds. The first-order valence-corrected chi connectivity index (χ1v) is 5.32. The Bertz CT molecular complexity index is 554. The lowest BCUT2D eigenvalue weighted by Crippen LogP contribution is -2.53. The Kier molecular flexibility index (Phi) is 3.74. The summed E-state index contributed by atoms with van der Waals surface area (Å²) in [6.45, 7) is 2.83. The molecule has 102 valence electrons. The molecule has 8 heteroatoms. The number of carbonyl (C=O) groups excluding carboxylic acids is 2. The van der Waals surface area contributed by atoms with Crippen LogP contribution in [0.15, 0.2) is 18.2 Å². The molecule has 1 rings (SSSR count). The van der Waals surface area contributed by atoms with Crippen molar-refractivity contribution in [2.75, 3.05) is 5.73 Å². The molecule has 0 heterocycles. The molecule has 0 aliphatic heterocycles. The fraction of sp³-hybridized carbons (Fsp3) is 0.273. The molecule has 19 heavy (non-hydrogen) atoms. The summed E-state index contributed by atoms with van der Waals surface area (Å²) in [6, 6.07) is 3.85. The van der Waals surface area contributed by atoms with E-state index in [4.69, 9.17) is 11.5 Å². The fourth-order valence-corrected chi connectivity index (χ4v) is 1.32. The topological polar surface area (TPSA) is 141 Å². The molecule has 0 saturated heterocycles. The molecule has 0 aromatic heterocycles. The fourth-order valence-electron chi connectivity index (χ4n) is 1.32. The summed E-state index contributed by atoms with van der Waals surface area (Å²) in [5.41, 5.74) is 8.69. The van der Waals surface area contributed by atoms with Gasteiger partial charge in [-0.15, -0.1) is 0 Å². The summed E-state index contributed by atoms with van der Waals surface area (Å²) >= 11 is 0. The third-order valence-electron chi connectivity index (χ3n) is 2.57. The van der Waals surface area contributed by atoms with E-state index in [2.05, 4.69) is 5.32 Å². The highest BCUT2D eigenvalue weighted by Gasteiger charge is 2.29. The summed E-state index contributed by atoms with van der Waals surface area (Å²) in [5, 5.41) is 13.1. The molecule has 8 nitrogen and oxygen atoms in total. The number of nitrogens with two attached hydrogens (primary N) is 2. The number of amides is 2. The Morgan fingerprint density at radius 1 is 1.37 bits per heavy atom. The number of para-hydroxylation sites is 1. The van der Waals surface area contributed by atoms with Gasteiger partial charge in [-0.1, -0.05) is 6.07 Å². The van der Waals surface area contributed by atoms with E-state index in [1.165, 1.54) is 32.0 Å². The van der Waals surface area contributed by atoms with Crippen molar-refractivity contribution in [2.45, 2.75) is 19.4 Å². The number of primary amides is 1. The highest BCUT2D eigenvalue weighted by atomic mass is 16.6. The molecule has 0 spiro atoms. The average molecular weight is 266 g/mol. The summed E-state index contributed by atoms with van der Waals surface area (Å²) in [4.78, 5) is 33.1. The second-order valence-corrected chi connectivity index (χ2v) is 4.44. The number of nitrogens with zero attached hydrogens (tertiary/aromatic N) is 1. The van der Waals surface area contributed by atoms with Gasteiger partial charge in [0.2, 0.25) is 5.91 Å². The van der Waals surface area contributed by atoms with Crippen LogP contribution < -0.4 is 16.8 Å². The van der Waals surface area contributed by atoms with Gasteiger partial charge in [-0.05, 0) is 19.9 Å². The van der Waals surface area contributed by atoms with Crippen molar-refractivity contribution in [3.63, 3.8) is 0 Å². The number of nitro benzene ring substituents is 1. The largest absolute Gasteiger partial charge is 0.393 e. The monoisotopic (exact) mass is 266 g/mol. The van der Waals surface area contributed by atoms with Crippen molar-refractivity contribution in [3.8, 4) is 0 Å². The molecule has 1 aromatic carbocycles. The van der Waals surface area contributed by atoms with E-state index < -0.39 is 22.3 Å². The number of benzene rings is 1. The number of anilines is 1. The lowest BCUT2D eigenvalue weighted by atomic mass is 10.0. The number of nitrogen functional groups attached to an aromatic ring is 1. The van der Waals surface area contributed by atoms with Crippen LogP contribution in [0.5, 0.6) is 0 Å². The third-order valence-corrected chi connectivity index (χ3v) is 2.57. The summed E-state index contributed by atoms with van der Waals surface area (Å²) in [5.74, 6) is -1.44. The van der Waals surface area contributed by atoms with Crippen molar-refractivity contribution < 1.29 is 14.5 Å². The van der Waals surface area contributed by atoms with E-state index in [-0.39, 0.29) is 16.9 Å². The van der Waals surface area contributed by atoms with Gasteiger partial charge in [0.1, 0.15) is 11.2 Å². The Balaban J connectivity index is 3.12. The Labute approximate surface area is 108 Å². The quantitative estimate of drug-likeness (QED) is 0.404. The first-order valence-electron chi connectivity index (χ1n) is 5.32. The zero-order valence-electron chi connectivity index (χ0n) is 10.5. The molecule has 1 aromatic rings. The maximum Gasteiger partial charge on any atom is 0.292 e. The molecule has 0 radical (unpaired) electrons. The highest BCUT2D eigenvalue weighted by Crippen LogP contribution is 2.25. The Morgan fingerprint density at radius 2 is 1.95 bits per heavy atom. The van der Waals surface area contributed by atoms with E-state index in [1.807, 2.05) is 0 Å². The van der Waals surface area contributed by atoms with E-state index in [0.717, 1.165) is 0 Å². The van der Waals surface area contributed by atoms with Gasteiger partial charge in [0, 0.05) is 6.07 Å². The SMILES string of the molecule is CC(C)(NC(=O)c1cccc([N+](=O)[O-])c1N)C(N)=O. The van der Waals surface area contributed by atoms with Crippen LogP contribution in [0.1, 0.15) is 24.2 Å². The van der Waals surface area contributed by atoms with Gasteiger partial charge in [0.25, 0.3) is 11.6 Å². The van der Waals surface area contributed by atoms with Crippen LogP contribution in [0.4, 0.5) is 11.4 Å². The molecule has 0 fully saturated rings. The number of hydrogen-bond acceptors (Lipinski definition) is 5. The van der Waals surface area contributed by atoms with Gasteiger partial charge >= 0.3 is 0 Å². The second-order valence-electron chi connectivity index (χ2n) is 4.44. The lowest BCUT2D eigenvalue weighted by molar-refractivity contribution is -0.383. The van der Waals surface area contributed by atoms with Crippen molar-refractivity contribution in [1.29, 1.82) is 0 Å². The maximum absolute atomic E-state index is 11.9. The zero-order valence-corrected chi connectivity index (χ0v) is 10.5. The van der Waals surface area contributed by atoms with Gasteiger partial charge in [-0.3, -0.25) is 19.7 Å². The molecule has 0 atom stereocenters. The third kappa shape index (κ3) is 2.97.